The highest BCUT2D eigenvalue weighted by atomic mass is 19.4. The standard InChI is InChI=1S/C26H4F12N4/c27-13-1-9(2-14(28)21(13)25(33,34)35)17-19(11(5-39)6-40)24(32)18(20(23(17)31)12(7-41)8-42)10-3-15(29)22(16(30)4-10)26(36,37)38/h1-4H. The van der Waals surface area contributed by atoms with E-state index in [1.807, 2.05) is 0 Å². The molecule has 0 amide bonds. The van der Waals surface area contributed by atoms with Gasteiger partial charge in [0.1, 0.15) is 81.5 Å². The maximum absolute atomic E-state index is 16.1. The first-order valence-electron chi connectivity index (χ1n) is 10.5. The third-order valence-electron chi connectivity index (χ3n) is 5.55. The number of hydrogen-bond donors (Lipinski definition) is 0. The first-order chi connectivity index (χ1) is 19.4. The Morgan fingerprint density at radius 3 is 0.905 bits per heavy atom. The molecule has 0 N–H and O–H groups in total. The molecule has 0 atom stereocenters. The van der Waals surface area contributed by atoms with Gasteiger partial charge in [0.15, 0.2) is 0 Å². The SMILES string of the molecule is N#CC(C#N)=c1c(F)c(-c2cc(F)c(C(F)(F)F)c(F)c2)c(=C(C#N)C#N)c(F)c1-c1cc(F)c(C(F)(F)F)c(F)c1. The van der Waals surface area contributed by atoms with E-state index in [9.17, 15) is 65.0 Å². The fourth-order valence-electron chi connectivity index (χ4n) is 3.95. The second-order valence-corrected chi connectivity index (χ2v) is 7.95. The number of benzene rings is 3. The van der Waals surface area contributed by atoms with Crippen molar-refractivity contribution >= 4 is 11.1 Å². The van der Waals surface area contributed by atoms with Crippen LogP contribution >= 0.6 is 0 Å². The third-order valence-corrected chi connectivity index (χ3v) is 5.55. The minimum Gasteiger partial charge on any atom is -0.206 e. The highest BCUT2D eigenvalue weighted by Gasteiger charge is 2.40. The van der Waals surface area contributed by atoms with E-state index in [-0.39, 0.29) is 24.3 Å². The molecule has 3 aromatic rings. The molecule has 0 aliphatic carbocycles. The fourth-order valence-corrected chi connectivity index (χ4v) is 3.95. The normalized spacial score (nSPS) is 11.2. The Labute approximate surface area is 225 Å². The predicted octanol–water partition coefficient (Wildman–Crippen LogP) is 6.29. The Kier molecular flexibility index (Phi) is 8.01. The third kappa shape index (κ3) is 5.18. The molecule has 0 heterocycles. The lowest BCUT2D eigenvalue weighted by Crippen LogP contribution is -2.29. The van der Waals surface area contributed by atoms with Crippen molar-refractivity contribution in [3.63, 3.8) is 0 Å². The minimum absolute atomic E-state index is 0.182. The molecule has 0 fully saturated rings. The van der Waals surface area contributed by atoms with Gasteiger partial charge in [-0.2, -0.15) is 47.4 Å². The van der Waals surface area contributed by atoms with Crippen LogP contribution < -0.4 is 10.4 Å². The van der Waals surface area contributed by atoms with E-state index in [0.717, 1.165) is 24.3 Å². The Hall–Kier alpha value is -5.48. The lowest BCUT2D eigenvalue weighted by Gasteiger charge is -2.16. The summed E-state index contributed by atoms with van der Waals surface area (Å²) in [5, 5.41) is 34.1. The molecule has 4 nitrogen and oxygen atoms in total. The van der Waals surface area contributed by atoms with E-state index in [0.29, 0.717) is 0 Å². The highest BCUT2D eigenvalue weighted by Crippen LogP contribution is 2.38. The fraction of sp³-hybridized carbons (Fsp3) is 0.0769. The topological polar surface area (TPSA) is 95.2 Å². The van der Waals surface area contributed by atoms with E-state index in [4.69, 9.17) is 0 Å². The molecule has 0 unspecified atom stereocenters. The Balaban J connectivity index is 2.76. The zero-order chi connectivity index (χ0) is 31.9. The summed E-state index contributed by atoms with van der Waals surface area (Å²) < 4.78 is 168. The maximum Gasteiger partial charge on any atom is 0.422 e. The van der Waals surface area contributed by atoms with Gasteiger partial charge in [0.2, 0.25) is 0 Å². The zero-order valence-corrected chi connectivity index (χ0v) is 19.6. The van der Waals surface area contributed by atoms with E-state index in [2.05, 4.69) is 0 Å². The Morgan fingerprint density at radius 2 is 0.714 bits per heavy atom. The molecule has 0 saturated carbocycles. The van der Waals surface area contributed by atoms with Gasteiger partial charge in [0.05, 0.1) is 10.4 Å². The van der Waals surface area contributed by atoms with Crippen LogP contribution in [0.2, 0.25) is 0 Å². The monoisotopic (exact) mass is 600 g/mol. The van der Waals surface area contributed by atoms with Crippen molar-refractivity contribution in [2.24, 2.45) is 0 Å². The van der Waals surface area contributed by atoms with Crippen molar-refractivity contribution < 1.29 is 52.7 Å². The molecule has 0 aliphatic heterocycles. The first-order valence-corrected chi connectivity index (χ1v) is 10.5. The maximum atomic E-state index is 16.1. The second-order valence-electron chi connectivity index (χ2n) is 7.95. The molecule has 212 valence electrons. The van der Waals surface area contributed by atoms with Gasteiger partial charge in [0, 0.05) is 11.1 Å². The van der Waals surface area contributed by atoms with Gasteiger partial charge < -0.3 is 0 Å². The van der Waals surface area contributed by atoms with Gasteiger partial charge in [0.25, 0.3) is 0 Å². The van der Waals surface area contributed by atoms with E-state index in [1.54, 1.807) is 0 Å². The van der Waals surface area contributed by atoms with E-state index < -0.39 is 102 Å². The van der Waals surface area contributed by atoms with Gasteiger partial charge in [-0.1, -0.05) is 0 Å². The van der Waals surface area contributed by atoms with Crippen LogP contribution in [0.15, 0.2) is 24.3 Å². The second kappa shape index (κ2) is 10.8. The molecule has 42 heavy (non-hydrogen) atoms. The largest absolute Gasteiger partial charge is 0.422 e. The smallest absolute Gasteiger partial charge is 0.206 e. The van der Waals surface area contributed by atoms with Crippen LogP contribution in [0, 0.1) is 80.2 Å². The number of nitrogens with zero attached hydrogens (tertiary/aromatic N) is 4. The summed E-state index contributed by atoms with van der Waals surface area (Å²) in [7, 11) is 0. The predicted molar refractivity (Wildman–Crippen MR) is 116 cm³/mol. The van der Waals surface area contributed by atoms with Crippen molar-refractivity contribution in [1.29, 1.82) is 21.0 Å². The number of rotatable bonds is 2. The van der Waals surface area contributed by atoms with Crippen molar-refractivity contribution in [2.45, 2.75) is 12.4 Å². The summed E-state index contributed by atoms with van der Waals surface area (Å²) >= 11 is 0. The molecule has 0 spiro atoms. The van der Waals surface area contributed by atoms with E-state index in [1.165, 1.54) is 0 Å². The molecule has 0 radical (unpaired) electrons. The molecular weight excluding hydrogens is 596 g/mol. The molecule has 0 bridgehead atoms. The zero-order valence-electron chi connectivity index (χ0n) is 19.6. The van der Waals surface area contributed by atoms with Crippen LogP contribution in [-0.2, 0) is 12.4 Å². The Bertz CT molecular complexity index is 1740. The highest BCUT2D eigenvalue weighted by molar-refractivity contribution is 5.86. The molecule has 3 aromatic carbocycles. The summed E-state index contributed by atoms with van der Waals surface area (Å²) in [4.78, 5) is 0. The summed E-state index contributed by atoms with van der Waals surface area (Å²) in [6.45, 7) is 0. The minimum atomic E-state index is -5.63. The van der Waals surface area contributed by atoms with Crippen LogP contribution in [0.3, 0.4) is 0 Å². The summed E-state index contributed by atoms with van der Waals surface area (Å²) in [5.41, 5.74) is -13.6. The Morgan fingerprint density at radius 1 is 0.476 bits per heavy atom. The molecular formula is C26H4F12N4. The van der Waals surface area contributed by atoms with Crippen molar-refractivity contribution in [3.8, 4) is 46.5 Å². The number of hydrogen-bond acceptors (Lipinski definition) is 4. The number of alkyl halides is 6. The van der Waals surface area contributed by atoms with Crippen molar-refractivity contribution in [3.05, 3.63) is 80.7 Å². The van der Waals surface area contributed by atoms with Crippen molar-refractivity contribution in [1.82, 2.24) is 0 Å². The molecule has 0 saturated heterocycles. The molecule has 3 rings (SSSR count). The summed E-state index contributed by atoms with van der Waals surface area (Å²) in [6, 6.07) is 3.54. The quantitative estimate of drug-likeness (QED) is 0.323. The summed E-state index contributed by atoms with van der Waals surface area (Å²) in [5.74, 6) is -13.8. The van der Waals surface area contributed by atoms with Gasteiger partial charge >= 0.3 is 12.4 Å². The van der Waals surface area contributed by atoms with Crippen LogP contribution in [0.1, 0.15) is 11.1 Å². The van der Waals surface area contributed by atoms with Crippen LogP contribution in [-0.4, -0.2) is 0 Å². The van der Waals surface area contributed by atoms with Crippen molar-refractivity contribution in [2.75, 3.05) is 0 Å². The van der Waals surface area contributed by atoms with Gasteiger partial charge in [-0.25, -0.2) is 26.3 Å². The van der Waals surface area contributed by atoms with Gasteiger partial charge in [-0.05, 0) is 35.4 Å². The average Bonchev–Trinajstić information content (AvgIpc) is 2.85. The van der Waals surface area contributed by atoms with Crippen LogP contribution in [0.4, 0.5) is 52.7 Å². The number of halogens is 12. The lowest BCUT2D eigenvalue weighted by atomic mass is 9.90. The van der Waals surface area contributed by atoms with Gasteiger partial charge in [-0.3, -0.25) is 0 Å². The molecule has 16 heteroatoms. The average molecular weight is 600 g/mol. The molecule has 0 aromatic heterocycles. The number of nitriles is 4. The summed E-state index contributed by atoms with van der Waals surface area (Å²) in [6.07, 6.45) is -11.3. The van der Waals surface area contributed by atoms with Gasteiger partial charge in [-0.15, -0.1) is 0 Å². The molecule has 0 aliphatic rings. The lowest BCUT2D eigenvalue weighted by molar-refractivity contribution is -0.143. The van der Waals surface area contributed by atoms with Crippen LogP contribution in [0.5, 0.6) is 0 Å². The first kappa shape index (κ1) is 31.1. The van der Waals surface area contributed by atoms with E-state index >= 15 is 8.78 Å². The van der Waals surface area contributed by atoms with Crippen LogP contribution in [0.25, 0.3) is 33.4 Å².